The van der Waals surface area contributed by atoms with Gasteiger partial charge in [0, 0.05) is 47.2 Å². The molecule has 0 fully saturated rings. The maximum atomic E-state index is 13.3. The van der Waals surface area contributed by atoms with E-state index in [1.54, 1.807) is 6.07 Å². The van der Waals surface area contributed by atoms with Gasteiger partial charge in [-0.1, -0.05) is 29.5 Å². The molecule has 8 nitrogen and oxygen atoms in total. The number of aromatic amines is 1. The Kier molecular flexibility index (Phi) is 5.06. The fraction of sp³-hybridized carbons (Fsp3) is 0.185. The molecule has 3 aromatic carbocycles. The monoisotopic (exact) mass is 465 g/mol. The summed E-state index contributed by atoms with van der Waals surface area (Å²) in [5.41, 5.74) is 7.16. The normalized spacial score (nSPS) is 13.2. The van der Waals surface area contributed by atoms with Crippen LogP contribution in [0.5, 0.6) is 0 Å². The standard InChI is InChI=1S/C27H23N5O3/c1-35-27(34)19-10-11-22-20(14-19)21-16-31(13-12-23(21)28-22)26(33)18-8-6-17(7-9-18)15-32-25-5-3-2-4-24(25)29-30-32/h2-11,14,28H,12-13,15-16H2,1H3. The summed E-state index contributed by atoms with van der Waals surface area (Å²) in [5, 5.41) is 9.40. The molecule has 0 unspecified atom stereocenters. The first-order valence-corrected chi connectivity index (χ1v) is 11.5. The molecule has 1 N–H and O–H groups in total. The van der Waals surface area contributed by atoms with Crippen LogP contribution in [-0.4, -0.2) is 50.4 Å². The van der Waals surface area contributed by atoms with E-state index in [-0.39, 0.29) is 11.9 Å². The van der Waals surface area contributed by atoms with Gasteiger partial charge in [0.05, 0.1) is 24.7 Å². The smallest absolute Gasteiger partial charge is 0.337 e. The van der Waals surface area contributed by atoms with Gasteiger partial charge in [-0.25, -0.2) is 9.48 Å². The molecule has 0 bridgehead atoms. The average Bonchev–Trinajstić information content (AvgIpc) is 3.48. The number of nitrogens with zero attached hydrogens (tertiary/aromatic N) is 4. The van der Waals surface area contributed by atoms with Crippen LogP contribution < -0.4 is 0 Å². The molecule has 2 aromatic heterocycles. The van der Waals surface area contributed by atoms with Gasteiger partial charge in [-0.15, -0.1) is 5.10 Å². The van der Waals surface area contributed by atoms with Gasteiger partial charge in [-0.2, -0.15) is 0 Å². The van der Waals surface area contributed by atoms with Crippen molar-refractivity contribution in [3.8, 4) is 0 Å². The SMILES string of the molecule is COC(=O)c1ccc2[nH]c3c(c2c1)CN(C(=O)c1ccc(Cn2nnc4ccccc42)cc1)CC3. The first-order valence-electron chi connectivity index (χ1n) is 11.5. The molecular formula is C27H23N5O3. The zero-order valence-electron chi connectivity index (χ0n) is 19.2. The zero-order chi connectivity index (χ0) is 23.9. The lowest BCUT2D eigenvalue weighted by molar-refractivity contribution is 0.0600. The largest absolute Gasteiger partial charge is 0.465 e. The van der Waals surface area contributed by atoms with Gasteiger partial charge in [0.1, 0.15) is 5.52 Å². The Bertz CT molecular complexity index is 1580. The van der Waals surface area contributed by atoms with E-state index in [1.165, 1.54) is 7.11 Å². The molecule has 0 spiro atoms. The number of amides is 1. The number of benzene rings is 3. The number of hydrogen-bond donors (Lipinski definition) is 1. The molecule has 5 aromatic rings. The van der Waals surface area contributed by atoms with Crippen molar-refractivity contribution in [3.63, 3.8) is 0 Å². The third-order valence-corrected chi connectivity index (χ3v) is 6.64. The van der Waals surface area contributed by atoms with E-state index >= 15 is 0 Å². The van der Waals surface area contributed by atoms with Crippen LogP contribution in [0.1, 0.15) is 37.5 Å². The highest BCUT2D eigenvalue weighted by Gasteiger charge is 2.25. The molecule has 8 heteroatoms. The zero-order valence-corrected chi connectivity index (χ0v) is 19.2. The third kappa shape index (κ3) is 3.73. The van der Waals surface area contributed by atoms with Crippen molar-refractivity contribution in [1.82, 2.24) is 24.9 Å². The Balaban J connectivity index is 1.21. The molecule has 0 radical (unpaired) electrons. The number of rotatable bonds is 4. The van der Waals surface area contributed by atoms with Crippen LogP contribution in [0.3, 0.4) is 0 Å². The van der Waals surface area contributed by atoms with Crippen molar-refractivity contribution < 1.29 is 14.3 Å². The molecule has 1 aliphatic heterocycles. The van der Waals surface area contributed by atoms with Crippen molar-refractivity contribution >= 4 is 33.8 Å². The minimum atomic E-state index is -0.371. The molecule has 0 aliphatic carbocycles. The summed E-state index contributed by atoms with van der Waals surface area (Å²) >= 11 is 0. The summed E-state index contributed by atoms with van der Waals surface area (Å²) in [7, 11) is 1.37. The van der Waals surface area contributed by atoms with E-state index in [0.717, 1.165) is 45.2 Å². The molecule has 0 saturated carbocycles. The van der Waals surface area contributed by atoms with Crippen LogP contribution in [0.2, 0.25) is 0 Å². The molecule has 6 rings (SSSR count). The number of nitrogens with one attached hydrogen (secondary N) is 1. The van der Waals surface area contributed by atoms with E-state index in [0.29, 0.717) is 30.8 Å². The summed E-state index contributed by atoms with van der Waals surface area (Å²) < 4.78 is 6.72. The van der Waals surface area contributed by atoms with Gasteiger partial charge in [-0.05, 0) is 48.0 Å². The number of carbonyl (C=O) groups is 2. The highest BCUT2D eigenvalue weighted by molar-refractivity contribution is 5.97. The number of methoxy groups -OCH3 is 1. The second-order valence-corrected chi connectivity index (χ2v) is 8.74. The van der Waals surface area contributed by atoms with E-state index in [2.05, 4.69) is 15.3 Å². The van der Waals surface area contributed by atoms with E-state index in [9.17, 15) is 9.59 Å². The van der Waals surface area contributed by atoms with E-state index < -0.39 is 0 Å². The highest BCUT2D eigenvalue weighted by Crippen LogP contribution is 2.29. The van der Waals surface area contributed by atoms with E-state index in [4.69, 9.17) is 4.74 Å². The molecule has 1 amide bonds. The van der Waals surface area contributed by atoms with Crippen LogP contribution in [-0.2, 0) is 24.2 Å². The number of hydrogen-bond acceptors (Lipinski definition) is 5. The second kappa shape index (κ2) is 8.39. The molecule has 0 atom stereocenters. The summed E-state index contributed by atoms with van der Waals surface area (Å²) in [6.07, 6.45) is 0.737. The van der Waals surface area contributed by atoms with Crippen LogP contribution in [0, 0.1) is 0 Å². The second-order valence-electron chi connectivity index (χ2n) is 8.74. The maximum Gasteiger partial charge on any atom is 0.337 e. The van der Waals surface area contributed by atoms with Crippen LogP contribution in [0.4, 0.5) is 0 Å². The van der Waals surface area contributed by atoms with Crippen LogP contribution >= 0.6 is 0 Å². The number of aromatic nitrogens is 4. The van der Waals surface area contributed by atoms with Gasteiger partial charge >= 0.3 is 5.97 Å². The van der Waals surface area contributed by atoms with E-state index in [1.807, 2.05) is 70.2 Å². The Morgan fingerprint density at radius 1 is 1.03 bits per heavy atom. The number of esters is 1. The molecule has 174 valence electrons. The topological polar surface area (TPSA) is 93.1 Å². The molecular weight excluding hydrogens is 442 g/mol. The summed E-state index contributed by atoms with van der Waals surface area (Å²) in [6.45, 7) is 1.71. The lowest BCUT2D eigenvalue weighted by Gasteiger charge is -2.27. The predicted molar refractivity (Wildman–Crippen MR) is 131 cm³/mol. The lowest BCUT2D eigenvalue weighted by Crippen LogP contribution is -2.35. The number of para-hydroxylation sites is 1. The van der Waals surface area contributed by atoms with Gasteiger partial charge in [0.2, 0.25) is 0 Å². The quantitative estimate of drug-likeness (QED) is 0.406. The third-order valence-electron chi connectivity index (χ3n) is 6.64. The number of H-pyrrole nitrogens is 1. The van der Waals surface area contributed by atoms with Crippen molar-refractivity contribution in [2.24, 2.45) is 0 Å². The predicted octanol–water partition coefficient (Wildman–Crippen LogP) is 3.95. The van der Waals surface area contributed by atoms with Crippen LogP contribution in [0.15, 0.2) is 66.7 Å². The lowest BCUT2D eigenvalue weighted by atomic mass is 10.0. The van der Waals surface area contributed by atoms with Gasteiger partial charge in [0.25, 0.3) is 5.91 Å². The molecule has 1 aliphatic rings. The molecule has 0 saturated heterocycles. The Labute approximate surface area is 201 Å². The minimum Gasteiger partial charge on any atom is -0.465 e. The first-order chi connectivity index (χ1) is 17.1. The van der Waals surface area contributed by atoms with Gasteiger partial charge in [-0.3, -0.25) is 4.79 Å². The fourth-order valence-electron chi connectivity index (χ4n) is 4.77. The summed E-state index contributed by atoms with van der Waals surface area (Å²) in [6, 6.07) is 21.0. The van der Waals surface area contributed by atoms with Gasteiger partial charge in [0.15, 0.2) is 0 Å². The molecule has 3 heterocycles. The Morgan fingerprint density at radius 2 is 1.83 bits per heavy atom. The number of ether oxygens (including phenoxy) is 1. The minimum absolute atomic E-state index is 0.00752. The van der Waals surface area contributed by atoms with Crippen molar-refractivity contribution in [1.29, 1.82) is 0 Å². The van der Waals surface area contributed by atoms with Gasteiger partial charge < -0.3 is 14.6 Å². The number of carbonyl (C=O) groups excluding carboxylic acids is 2. The fourth-order valence-corrected chi connectivity index (χ4v) is 4.77. The Morgan fingerprint density at radius 3 is 2.66 bits per heavy atom. The van der Waals surface area contributed by atoms with Crippen molar-refractivity contribution in [3.05, 3.63) is 94.7 Å². The van der Waals surface area contributed by atoms with Crippen molar-refractivity contribution in [2.75, 3.05) is 13.7 Å². The summed E-state index contributed by atoms with van der Waals surface area (Å²) in [4.78, 5) is 30.6. The van der Waals surface area contributed by atoms with Crippen LogP contribution in [0.25, 0.3) is 21.9 Å². The Hall–Kier alpha value is -4.46. The average molecular weight is 466 g/mol. The molecule has 35 heavy (non-hydrogen) atoms. The van der Waals surface area contributed by atoms with Crippen molar-refractivity contribution in [2.45, 2.75) is 19.5 Å². The first kappa shape index (κ1) is 21.1. The summed E-state index contributed by atoms with van der Waals surface area (Å²) in [5.74, 6) is -0.378. The maximum absolute atomic E-state index is 13.3. The highest BCUT2D eigenvalue weighted by atomic mass is 16.5. The number of fused-ring (bicyclic) bond motifs is 4.